The maximum Gasteiger partial charge on any atom is 0.295 e. The van der Waals surface area contributed by atoms with Gasteiger partial charge >= 0.3 is 0 Å². The molecular formula is C12H8ClN3O2. The molecule has 6 heteroatoms. The molecule has 3 aromatic rings. The first-order valence-corrected chi connectivity index (χ1v) is 5.68. The van der Waals surface area contributed by atoms with Gasteiger partial charge in [0.25, 0.3) is 5.71 Å². The highest BCUT2D eigenvalue weighted by Crippen LogP contribution is 2.10. The van der Waals surface area contributed by atoms with E-state index in [2.05, 4.69) is 10.1 Å². The lowest BCUT2D eigenvalue weighted by atomic mass is 10.1. The van der Waals surface area contributed by atoms with Crippen LogP contribution in [0.25, 0.3) is 5.71 Å². The number of hydrogen-bond donors (Lipinski definition) is 0. The SMILES string of the molecule is [O-]c1n[n+]2c(Cc3ccc(Cl)nc3)cccc2o1. The van der Waals surface area contributed by atoms with Gasteiger partial charge in [0.1, 0.15) is 5.15 Å². The molecule has 0 spiro atoms. The van der Waals surface area contributed by atoms with Crippen molar-refractivity contribution in [3.63, 3.8) is 0 Å². The summed E-state index contributed by atoms with van der Waals surface area (Å²) in [4.78, 5) is 4.01. The minimum Gasteiger partial charge on any atom is -0.524 e. The normalized spacial score (nSPS) is 10.9. The van der Waals surface area contributed by atoms with Gasteiger partial charge in [-0.2, -0.15) is 0 Å². The molecule has 3 heterocycles. The lowest BCUT2D eigenvalue weighted by molar-refractivity contribution is -0.591. The van der Waals surface area contributed by atoms with E-state index < -0.39 is 6.08 Å². The van der Waals surface area contributed by atoms with Crippen LogP contribution >= 0.6 is 11.6 Å². The van der Waals surface area contributed by atoms with Crippen molar-refractivity contribution in [1.82, 2.24) is 10.1 Å². The summed E-state index contributed by atoms with van der Waals surface area (Å²) in [6.45, 7) is 0. The van der Waals surface area contributed by atoms with E-state index in [1.807, 2.05) is 18.2 Å². The molecule has 0 amide bonds. The summed E-state index contributed by atoms with van der Waals surface area (Å²) in [5.74, 6) is 0. The smallest absolute Gasteiger partial charge is 0.295 e. The van der Waals surface area contributed by atoms with E-state index in [-0.39, 0.29) is 0 Å². The summed E-state index contributed by atoms with van der Waals surface area (Å²) in [5, 5.41) is 15.3. The molecule has 0 saturated heterocycles. The fourth-order valence-electron chi connectivity index (χ4n) is 1.76. The fourth-order valence-corrected chi connectivity index (χ4v) is 1.87. The third kappa shape index (κ3) is 2.00. The molecule has 5 nitrogen and oxygen atoms in total. The molecule has 0 atom stereocenters. The van der Waals surface area contributed by atoms with E-state index in [0.29, 0.717) is 17.3 Å². The third-order valence-corrected chi connectivity index (χ3v) is 2.78. The zero-order chi connectivity index (χ0) is 12.5. The number of rotatable bonds is 2. The Balaban J connectivity index is 2.01. The number of hydrogen-bond acceptors (Lipinski definition) is 4. The molecule has 0 bridgehead atoms. The number of fused-ring (bicyclic) bond motifs is 1. The summed E-state index contributed by atoms with van der Waals surface area (Å²) in [6.07, 6.45) is 1.69. The molecule has 0 saturated carbocycles. The predicted octanol–water partition coefficient (Wildman–Crippen LogP) is 1.13. The van der Waals surface area contributed by atoms with Gasteiger partial charge in [-0.05, 0) is 22.2 Å². The first-order chi connectivity index (χ1) is 8.72. The van der Waals surface area contributed by atoms with Crippen molar-refractivity contribution < 1.29 is 14.0 Å². The Kier molecular flexibility index (Phi) is 2.60. The van der Waals surface area contributed by atoms with E-state index in [9.17, 15) is 5.11 Å². The van der Waals surface area contributed by atoms with Gasteiger partial charge in [-0.1, -0.05) is 17.7 Å². The third-order valence-electron chi connectivity index (χ3n) is 2.56. The summed E-state index contributed by atoms with van der Waals surface area (Å²) in [6, 6.07) is 9.00. The summed E-state index contributed by atoms with van der Waals surface area (Å²) >= 11 is 5.73. The van der Waals surface area contributed by atoms with E-state index in [1.54, 1.807) is 18.3 Å². The van der Waals surface area contributed by atoms with Crippen LogP contribution in [0.1, 0.15) is 11.3 Å². The first kappa shape index (κ1) is 11.0. The van der Waals surface area contributed by atoms with Gasteiger partial charge < -0.3 is 9.52 Å². The highest BCUT2D eigenvalue weighted by molar-refractivity contribution is 6.29. The largest absolute Gasteiger partial charge is 0.524 e. The quantitative estimate of drug-likeness (QED) is 0.512. The van der Waals surface area contributed by atoms with Crippen LogP contribution in [0.4, 0.5) is 0 Å². The molecule has 0 aromatic carbocycles. The monoisotopic (exact) mass is 261 g/mol. The van der Waals surface area contributed by atoms with Crippen molar-refractivity contribution in [3.05, 3.63) is 52.9 Å². The summed E-state index contributed by atoms with van der Waals surface area (Å²) in [7, 11) is 0. The first-order valence-electron chi connectivity index (χ1n) is 5.30. The highest BCUT2D eigenvalue weighted by atomic mass is 35.5. The predicted molar refractivity (Wildman–Crippen MR) is 61.2 cm³/mol. The van der Waals surface area contributed by atoms with Crippen LogP contribution in [0.2, 0.25) is 5.15 Å². The van der Waals surface area contributed by atoms with Crippen molar-refractivity contribution >= 4 is 17.3 Å². The van der Waals surface area contributed by atoms with E-state index in [1.165, 1.54) is 4.52 Å². The van der Waals surface area contributed by atoms with Gasteiger partial charge in [0, 0.05) is 23.4 Å². The minimum atomic E-state index is -0.600. The van der Waals surface area contributed by atoms with Gasteiger partial charge in [-0.25, -0.2) is 4.98 Å². The zero-order valence-corrected chi connectivity index (χ0v) is 9.96. The highest BCUT2D eigenvalue weighted by Gasteiger charge is 2.13. The van der Waals surface area contributed by atoms with E-state index in [4.69, 9.17) is 16.0 Å². The maximum absolute atomic E-state index is 11.1. The standard InChI is InChI=1S/C12H8ClN3O2/c13-10-5-4-8(7-14-10)6-9-2-1-3-11-16(9)15-12(17)18-11/h1-5,7H,6H2. The number of pyridine rings is 2. The molecule has 0 aliphatic heterocycles. The molecule has 0 aliphatic rings. The Morgan fingerprint density at radius 1 is 1.28 bits per heavy atom. The number of halogens is 1. The second-order valence-electron chi connectivity index (χ2n) is 3.80. The van der Waals surface area contributed by atoms with Crippen LogP contribution in [0.15, 0.2) is 40.9 Å². The molecule has 0 unspecified atom stereocenters. The molecule has 3 aromatic heterocycles. The molecule has 3 rings (SSSR count). The molecule has 90 valence electrons. The fraction of sp³-hybridized carbons (Fsp3) is 0.0833. The number of aromatic nitrogens is 3. The molecule has 18 heavy (non-hydrogen) atoms. The second-order valence-corrected chi connectivity index (χ2v) is 4.19. The minimum absolute atomic E-state index is 0.430. The van der Waals surface area contributed by atoms with Crippen LogP contribution < -0.4 is 9.62 Å². The topological polar surface area (TPSA) is 66.1 Å². The number of nitrogens with zero attached hydrogens (tertiary/aromatic N) is 3. The van der Waals surface area contributed by atoms with Crippen molar-refractivity contribution in [3.8, 4) is 6.08 Å². The van der Waals surface area contributed by atoms with Gasteiger partial charge in [-0.15, -0.1) is 0 Å². The molecule has 0 aliphatic carbocycles. The Bertz CT molecular complexity index is 694. The van der Waals surface area contributed by atoms with Crippen LogP contribution in [-0.2, 0) is 6.42 Å². The lowest BCUT2D eigenvalue weighted by Gasteiger charge is -1.97. The van der Waals surface area contributed by atoms with Crippen molar-refractivity contribution in [2.24, 2.45) is 0 Å². The van der Waals surface area contributed by atoms with Crippen LogP contribution in [0.3, 0.4) is 0 Å². The average molecular weight is 262 g/mol. The van der Waals surface area contributed by atoms with Gasteiger partial charge in [0.05, 0.1) is 6.42 Å². The van der Waals surface area contributed by atoms with Crippen LogP contribution in [0.5, 0.6) is 6.08 Å². The molecular weight excluding hydrogens is 254 g/mol. The molecule has 0 radical (unpaired) electrons. The maximum atomic E-state index is 11.1. The Morgan fingerprint density at radius 2 is 2.17 bits per heavy atom. The zero-order valence-electron chi connectivity index (χ0n) is 9.21. The van der Waals surface area contributed by atoms with Gasteiger partial charge in [0.15, 0.2) is 0 Å². The van der Waals surface area contributed by atoms with Crippen LogP contribution in [0, 0.1) is 0 Å². The van der Waals surface area contributed by atoms with Crippen molar-refractivity contribution in [2.45, 2.75) is 6.42 Å². The van der Waals surface area contributed by atoms with Crippen molar-refractivity contribution in [1.29, 1.82) is 0 Å². The van der Waals surface area contributed by atoms with E-state index in [0.717, 1.165) is 11.3 Å². The molecule has 0 N–H and O–H groups in total. The molecule has 0 fully saturated rings. The van der Waals surface area contributed by atoms with Crippen LogP contribution in [-0.4, -0.2) is 10.1 Å². The summed E-state index contributed by atoms with van der Waals surface area (Å²) < 4.78 is 6.42. The Morgan fingerprint density at radius 3 is 2.94 bits per heavy atom. The second kappa shape index (κ2) is 4.27. The summed E-state index contributed by atoms with van der Waals surface area (Å²) in [5.41, 5.74) is 2.26. The average Bonchev–Trinajstić information content (AvgIpc) is 2.73. The Labute approximate surface area is 107 Å². The van der Waals surface area contributed by atoms with Crippen molar-refractivity contribution in [2.75, 3.05) is 0 Å². The van der Waals surface area contributed by atoms with Gasteiger partial charge in [-0.3, -0.25) is 0 Å². The lowest BCUT2D eigenvalue weighted by Crippen LogP contribution is -2.29. The van der Waals surface area contributed by atoms with E-state index >= 15 is 0 Å². The van der Waals surface area contributed by atoms with Gasteiger partial charge in [0.2, 0.25) is 11.8 Å². The Hall–Kier alpha value is -2.14.